The monoisotopic (exact) mass is 354 g/mol. The number of benzene rings is 1. The molecule has 0 aromatic heterocycles. The van der Waals surface area contributed by atoms with E-state index < -0.39 is 0 Å². The van der Waals surface area contributed by atoms with Gasteiger partial charge in [-0.05, 0) is 30.2 Å². The van der Waals surface area contributed by atoms with E-state index in [2.05, 4.69) is 19.2 Å². The van der Waals surface area contributed by atoms with Gasteiger partial charge in [0.05, 0.1) is 5.92 Å². The second kappa shape index (κ2) is 8.60. The summed E-state index contributed by atoms with van der Waals surface area (Å²) in [5, 5.41) is 3.66. The van der Waals surface area contributed by atoms with Gasteiger partial charge < -0.3 is 10.2 Å². The molecule has 0 bridgehead atoms. The molecule has 6 heteroatoms. The number of thioether (sulfide) groups is 1. The zero-order chi connectivity index (χ0) is 16.8. The van der Waals surface area contributed by atoms with Crippen LogP contribution in [-0.2, 0) is 9.59 Å². The van der Waals surface area contributed by atoms with Crippen LogP contribution in [0.5, 0.6) is 0 Å². The van der Waals surface area contributed by atoms with Crippen LogP contribution >= 0.6 is 23.4 Å². The van der Waals surface area contributed by atoms with Gasteiger partial charge in [-0.15, -0.1) is 11.8 Å². The maximum absolute atomic E-state index is 12.2. The number of likely N-dealkylation sites (tertiary alicyclic amines) is 1. The Kier molecular flexibility index (Phi) is 6.78. The van der Waals surface area contributed by atoms with Crippen molar-refractivity contribution in [3.8, 4) is 0 Å². The maximum Gasteiger partial charge on any atom is 0.225 e. The van der Waals surface area contributed by atoms with Crippen LogP contribution in [-0.4, -0.2) is 42.1 Å². The minimum absolute atomic E-state index is 0.0127. The largest absolute Gasteiger partial charge is 0.355 e. The highest BCUT2D eigenvalue weighted by molar-refractivity contribution is 7.99. The Labute approximate surface area is 146 Å². The predicted molar refractivity (Wildman–Crippen MR) is 94.7 cm³/mol. The molecule has 2 amide bonds. The zero-order valence-electron chi connectivity index (χ0n) is 13.5. The normalized spacial score (nSPS) is 17.8. The van der Waals surface area contributed by atoms with Crippen molar-refractivity contribution in [3.63, 3.8) is 0 Å². The molecule has 1 aromatic rings. The first kappa shape index (κ1) is 18.1. The van der Waals surface area contributed by atoms with E-state index in [0.717, 1.165) is 22.2 Å². The third-order valence-electron chi connectivity index (χ3n) is 3.65. The van der Waals surface area contributed by atoms with Crippen LogP contribution in [0.4, 0.5) is 0 Å². The molecule has 1 N–H and O–H groups in total. The van der Waals surface area contributed by atoms with Gasteiger partial charge in [0, 0.05) is 41.7 Å². The molecule has 0 aliphatic carbocycles. The van der Waals surface area contributed by atoms with Crippen LogP contribution in [0, 0.1) is 11.8 Å². The Morgan fingerprint density at radius 2 is 2.09 bits per heavy atom. The smallest absolute Gasteiger partial charge is 0.225 e. The highest BCUT2D eigenvalue weighted by atomic mass is 35.5. The Balaban J connectivity index is 1.69. The third kappa shape index (κ3) is 5.74. The molecule has 1 heterocycles. The van der Waals surface area contributed by atoms with Crippen molar-refractivity contribution in [2.24, 2.45) is 11.8 Å². The lowest BCUT2D eigenvalue weighted by atomic mass is 10.1. The standard InChI is InChI=1S/C17H23ClN2O2S/c1-12(2)10-20-11-13(9-16(20)21)17(22)19-7-8-23-15-5-3-14(18)4-6-15/h3-6,12-13H,7-11H2,1-2H3,(H,19,22)/t13-/m0/s1. The van der Waals surface area contributed by atoms with E-state index in [0.29, 0.717) is 25.4 Å². The Bertz CT molecular complexity index is 548. The molecule has 1 aliphatic rings. The second-order valence-electron chi connectivity index (χ2n) is 6.19. The lowest BCUT2D eigenvalue weighted by molar-refractivity contribution is -0.129. The summed E-state index contributed by atoms with van der Waals surface area (Å²) in [4.78, 5) is 27.0. The minimum atomic E-state index is -0.207. The molecule has 4 nitrogen and oxygen atoms in total. The van der Waals surface area contributed by atoms with Crippen molar-refractivity contribution in [3.05, 3.63) is 29.3 Å². The van der Waals surface area contributed by atoms with Crippen LogP contribution < -0.4 is 5.32 Å². The van der Waals surface area contributed by atoms with Gasteiger partial charge in [-0.1, -0.05) is 25.4 Å². The lowest BCUT2D eigenvalue weighted by Crippen LogP contribution is -2.35. The maximum atomic E-state index is 12.2. The Hall–Kier alpha value is -1.20. The fraction of sp³-hybridized carbons (Fsp3) is 0.529. The van der Waals surface area contributed by atoms with Gasteiger partial charge in [0.15, 0.2) is 0 Å². The molecule has 1 fully saturated rings. The molecule has 0 saturated carbocycles. The summed E-state index contributed by atoms with van der Waals surface area (Å²) in [5.74, 6) is 1.10. The number of carbonyl (C=O) groups excluding carboxylic acids is 2. The molecule has 1 saturated heterocycles. The number of nitrogens with one attached hydrogen (secondary N) is 1. The fourth-order valence-electron chi connectivity index (χ4n) is 2.58. The quantitative estimate of drug-likeness (QED) is 0.604. The average Bonchev–Trinajstić information content (AvgIpc) is 2.86. The van der Waals surface area contributed by atoms with E-state index in [9.17, 15) is 9.59 Å². The number of carbonyl (C=O) groups is 2. The minimum Gasteiger partial charge on any atom is -0.355 e. The number of rotatable bonds is 7. The summed E-state index contributed by atoms with van der Waals surface area (Å²) in [6.07, 6.45) is 0.336. The van der Waals surface area contributed by atoms with Crippen LogP contribution in [0.3, 0.4) is 0 Å². The summed E-state index contributed by atoms with van der Waals surface area (Å²) in [6, 6.07) is 7.65. The van der Waals surface area contributed by atoms with Crippen molar-refractivity contribution in [2.75, 3.05) is 25.4 Å². The van der Waals surface area contributed by atoms with Gasteiger partial charge >= 0.3 is 0 Å². The van der Waals surface area contributed by atoms with E-state index in [1.54, 1.807) is 16.7 Å². The number of hydrogen-bond acceptors (Lipinski definition) is 3. The van der Waals surface area contributed by atoms with Crippen LogP contribution in [0.25, 0.3) is 0 Å². The molecule has 1 atom stereocenters. The van der Waals surface area contributed by atoms with Gasteiger partial charge in [0.25, 0.3) is 0 Å². The Morgan fingerprint density at radius 1 is 1.39 bits per heavy atom. The predicted octanol–water partition coefficient (Wildman–Crippen LogP) is 3.05. The number of nitrogens with zero attached hydrogens (tertiary/aromatic N) is 1. The van der Waals surface area contributed by atoms with Gasteiger partial charge in [-0.25, -0.2) is 0 Å². The van der Waals surface area contributed by atoms with Crippen molar-refractivity contribution in [1.82, 2.24) is 10.2 Å². The van der Waals surface area contributed by atoms with E-state index in [-0.39, 0.29) is 17.7 Å². The molecule has 126 valence electrons. The Morgan fingerprint density at radius 3 is 2.74 bits per heavy atom. The van der Waals surface area contributed by atoms with Crippen molar-refractivity contribution < 1.29 is 9.59 Å². The van der Waals surface area contributed by atoms with E-state index in [1.807, 2.05) is 24.3 Å². The molecule has 1 aromatic carbocycles. The number of hydrogen-bond donors (Lipinski definition) is 1. The summed E-state index contributed by atoms with van der Waals surface area (Å²) in [7, 11) is 0. The molecule has 0 spiro atoms. The van der Waals surface area contributed by atoms with Crippen molar-refractivity contribution >= 4 is 35.2 Å². The first-order valence-electron chi connectivity index (χ1n) is 7.89. The van der Waals surface area contributed by atoms with Crippen LogP contribution in [0.2, 0.25) is 5.02 Å². The lowest BCUT2D eigenvalue weighted by Gasteiger charge is -2.18. The molecule has 0 radical (unpaired) electrons. The molecular formula is C17H23ClN2O2S. The van der Waals surface area contributed by atoms with Gasteiger partial charge in [-0.3, -0.25) is 9.59 Å². The summed E-state index contributed by atoms with van der Waals surface area (Å²) < 4.78 is 0. The topological polar surface area (TPSA) is 49.4 Å². The first-order chi connectivity index (χ1) is 11.0. The third-order valence-corrected chi connectivity index (χ3v) is 4.92. The first-order valence-corrected chi connectivity index (χ1v) is 9.26. The molecule has 0 unspecified atom stereocenters. The highest BCUT2D eigenvalue weighted by Gasteiger charge is 2.34. The zero-order valence-corrected chi connectivity index (χ0v) is 15.1. The SMILES string of the molecule is CC(C)CN1C[C@@H](C(=O)NCCSc2ccc(Cl)cc2)CC1=O. The molecule has 23 heavy (non-hydrogen) atoms. The molecular weight excluding hydrogens is 332 g/mol. The van der Waals surface area contributed by atoms with Crippen LogP contribution in [0.1, 0.15) is 20.3 Å². The van der Waals surface area contributed by atoms with E-state index in [1.165, 1.54) is 0 Å². The molecule has 2 rings (SSSR count). The van der Waals surface area contributed by atoms with Gasteiger partial charge in [0.2, 0.25) is 11.8 Å². The summed E-state index contributed by atoms with van der Waals surface area (Å²) >= 11 is 7.52. The van der Waals surface area contributed by atoms with Crippen LogP contribution in [0.15, 0.2) is 29.2 Å². The summed E-state index contributed by atoms with van der Waals surface area (Å²) in [5.41, 5.74) is 0. The van der Waals surface area contributed by atoms with Crippen molar-refractivity contribution in [2.45, 2.75) is 25.2 Å². The highest BCUT2D eigenvalue weighted by Crippen LogP contribution is 2.21. The van der Waals surface area contributed by atoms with E-state index >= 15 is 0 Å². The van der Waals surface area contributed by atoms with Gasteiger partial charge in [0.1, 0.15) is 0 Å². The number of halogens is 1. The summed E-state index contributed by atoms with van der Waals surface area (Å²) in [6.45, 7) is 6.03. The van der Waals surface area contributed by atoms with Gasteiger partial charge in [-0.2, -0.15) is 0 Å². The second-order valence-corrected chi connectivity index (χ2v) is 7.79. The fourth-order valence-corrected chi connectivity index (χ4v) is 3.48. The van der Waals surface area contributed by atoms with E-state index in [4.69, 9.17) is 11.6 Å². The van der Waals surface area contributed by atoms with Crippen molar-refractivity contribution in [1.29, 1.82) is 0 Å². The molecule has 1 aliphatic heterocycles. The average molecular weight is 355 g/mol. The number of amides is 2.